The lowest BCUT2D eigenvalue weighted by molar-refractivity contribution is -0.165. The van der Waals surface area contributed by atoms with Gasteiger partial charge in [0.15, 0.2) is 53.1 Å². The van der Waals surface area contributed by atoms with Gasteiger partial charge >= 0.3 is 28.4 Å². The molecule has 1 aromatic carbocycles. The first kappa shape index (κ1) is 58.0. The molecule has 15 atom stereocenters. The van der Waals surface area contributed by atoms with E-state index in [0.29, 0.717) is 17.8 Å². The number of carbonyl (C=O) groups excluding carboxylic acids is 1. The third-order valence-electron chi connectivity index (χ3n) is 13.7. The molecule has 0 radical (unpaired) electrons. The molecule has 35 nitrogen and oxygen atoms in total. The number of imidazole rings is 3. The van der Waals surface area contributed by atoms with Crippen LogP contribution in [0.2, 0.25) is 0 Å². The number of aliphatic hydroxyl groups excluding tert-OH is 2. The minimum Gasteiger partial charge on any atom is -0.461 e. The maximum absolute atomic E-state index is 14.2. The fourth-order valence-corrected chi connectivity index (χ4v) is 14.0. The zero-order valence-corrected chi connectivity index (χ0v) is 46.1. The second-order valence-corrected chi connectivity index (χ2v) is 25.6. The van der Waals surface area contributed by atoms with Crippen molar-refractivity contribution in [3.8, 4) is 0 Å². The van der Waals surface area contributed by atoms with Crippen molar-refractivity contribution in [2.24, 2.45) is 0 Å². The van der Waals surface area contributed by atoms with Gasteiger partial charge in [-0.1, -0.05) is 18.2 Å². The summed E-state index contributed by atoms with van der Waals surface area (Å²) in [7, 11) is -9.55. The summed E-state index contributed by atoms with van der Waals surface area (Å²) in [5, 5.41) is 23.5. The van der Waals surface area contributed by atoms with Crippen LogP contribution < -0.4 is 17.2 Å². The van der Waals surface area contributed by atoms with E-state index in [4.69, 9.17) is 68.2 Å². The number of nitrogen functional groups attached to an aromatic ring is 3. The van der Waals surface area contributed by atoms with Crippen molar-refractivity contribution in [3.63, 3.8) is 0 Å². The molecular formula is C43H52N15O20P3S. The van der Waals surface area contributed by atoms with Crippen LogP contribution in [0.25, 0.3) is 33.5 Å². The van der Waals surface area contributed by atoms with Crippen molar-refractivity contribution in [1.29, 1.82) is 0 Å². The Bertz CT molecular complexity index is 3610. The number of aromatic nitrogens is 12. The number of methoxy groups -OCH3 is 1. The summed E-state index contributed by atoms with van der Waals surface area (Å²) in [5.74, 6) is -0.800. The molecule has 11 rings (SSSR count). The Kier molecular flexibility index (Phi) is 16.5. The van der Waals surface area contributed by atoms with Gasteiger partial charge in [0.2, 0.25) is 0 Å². The van der Waals surface area contributed by atoms with Crippen LogP contribution in [0, 0.1) is 0 Å². The normalized spacial score (nSPS) is 29.7. The van der Waals surface area contributed by atoms with E-state index in [1.54, 1.807) is 30.3 Å². The highest BCUT2D eigenvalue weighted by Crippen LogP contribution is 2.57. The van der Waals surface area contributed by atoms with E-state index in [2.05, 4.69) is 44.9 Å². The summed E-state index contributed by atoms with van der Waals surface area (Å²) in [6, 6.07) is 8.12. The van der Waals surface area contributed by atoms with Crippen molar-refractivity contribution >= 4 is 90.7 Å². The lowest BCUT2D eigenvalue weighted by atomic mass is 9.89. The summed E-state index contributed by atoms with van der Waals surface area (Å²) in [4.78, 5) is 83.3. The first-order chi connectivity index (χ1) is 39.3. The van der Waals surface area contributed by atoms with Crippen molar-refractivity contribution in [1.82, 2.24) is 58.6 Å². The number of anilines is 3. The second kappa shape index (κ2) is 23.3. The first-order valence-electron chi connectivity index (χ1n) is 24.7. The first-order valence-corrected chi connectivity index (χ1v) is 30.9. The van der Waals surface area contributed by atoms with Crippen LogP contribution in [0.5, 0.6) is 0 Å². The average molecular weight is 1220 g/mol. The smallest absolute Gasteiger partial charge is 0.461 e. The lowest BCUT2D eigenvalue weighted by Gasteiger charge is -2.38. The predicted octanol–water partition coefficient (Wildman–Crippen LogP) is 0.943. The van der Waals surface area contributed by atoms with Gasteiger partial charge in [-0.25, -0.2) is 63.3 Å². The highest BCUT2D eigenvalue weighted by Gasteiger charge is 2.60. The molecular weight excluding hydrogens is 1170 g/mol. The number of fused-ring (bicyclic) bond motifs is 4. The molecule has 0 saturated carbocycles. The number of carbonyl (C=O) groups is 1. The van der Waals surface area contributed by atoms with Crippen molar-refractivity contribution in [3.05, 3.63) is 73.9 Å². The number of esters is 1. The zero-order valence-electron chi connectivity index (χ0n) is 42.6. The van der Waals surface area contributed by atoms with Crippen LogP contribution in [0.4, 0.5) is 17.5 Å². The number of phosphoric ester groups is 2. The molecule has 6 aromatic heterocycles. The van der Waals surface area contributed by atoms with Crippen LogP contribution in [-0.4, -0.2) is 190 Å². The van der Waals surface area contributed by atoms with E-state index in [9.17, 15) is 43.4 Å². The fraction of sp³-hybridized carbons (Fsp3) is 0.488. The number of nitrogens with zero attached hydrogens (tertiary/aromatic N) is 12. The molecule has 82 heavy (non-hydrogen) atoms. The average Bonchev–Trinajstić information content (AvgIpc) is 3.26. The number of phosphoric acid groups is 2. The summed E-state index contributed by atoms with van der Waals surface area (Å²) in [6.07, 6.45) is -8.89. The molecule has 0 aliphatic carbocycles. The summed E-state index contributed by atoms with van der Waals surface area (Å²) < 4.78 is 109. The van der Waals surface area contributed by atoms with Crippen molar-refractivity contribution in [2.75, 3.05) is 63.1 Å². The van der Waals surface area contributed by atoms with E-state index in [0.717, 1.165) is 12.7 Å². The summed E-state index contributed by atoms with van der Waals surface area (Å²) in [6.45, 7) is -6.87. The monoisotopic (exact) mass is 1220 g/mol. The highest BCUT2D eigenvalue weighted by atomic mass is 32.7. The zero-order chi connectivity index (χ0) is 57.7. The lowest BCUT2D eigenvalue weighted by Crippen LogP contribution is -2.51. The number of aliphatic hydroxyl groups is 2. The Labute approximate surface area is 465 Å². The standard InChI is InChI=1S/C43H52N15O20P3S/c1-68-29-23(13-72-81(66,67)82-11-10-70-42(61)21-6-3-2-4-7-21)75-41(58-20-55-26-35(46)49-17-52-38(26)58)31(29)78-79(62,63)71-12-22-27(59)30(40(74-22)57-19-54-25-34(45)48-16-51-37(25)57)77-80(64,65)73-14-43-8-5-9-69-32(43)28(60)39(76-43)56-18-53-24-33(44)47-15-50-36(24)56/h2-4,6-7,15-20,22-23,27-32,39-41,59-60H,5,8-14H2,1H3,(H,62,63)(H,64,65)(H,66,67)(H2,44,47,50)(H2,45,48,51)(H2,46,49,52)/t22-,23-,27?,28?,29?,30?,31?,32?,39-,40-,41-,43-/m1/s1. The maximum Gasteiger partial charge on any atom is 0.472 e. The molecule has 0 amide bonds. The van der Waals surface area contributed by atoms with Gasteiger partial charge in [0.1, 0.15) is 96.6 Å². The number of nitrogens with two attached hydrogens (primary N) is 3. The van der Waals surface area contributed by atoms with Gasteiger partial charge in [-0.3, -0.25) is 36.3 Å². The van der Waals surface area contributed by atoms with E-state index in [-0.39, 0.29) is 81.9 Å². The number of benzene rings is 1. The molecule has 4 aliphatic rings. The number of hydrogen-bond donors (Lipinski definition) is 8. The minimum absolute atomic E-state index is 0.0141. The van der Waals surface area contributed by atoms with Gasteiger partial charge in [0.25, 0.3) is 0 Å². The van der Waals surface area contributed by atoms with E-state index in [1.165, 1.54) is 46.1 Å². The van der Waals surface area contributed by atoms with E-state index < -0.39 is 121 Å². The maximum atomic E-state index is 14.2. The molecule has 9 unspecified atom stereocenters. The summed E-state index contributed by atoms with van der Waals surface area (Å²) >= 11 is 0.467. The third-order valence-corrected chi connectivity index (χ3v) is 18.7. The van der Waals surface area contributed by atoms with Crippen LogP contribution in [0.3, 0.4) is 0 Å². The minimum atomic E-state index is -5.40. The summed E-state index contributed by atoms with van der Waals surface area (Å²) in [5.41, 5.74) is 17.6. The number of hydrogen-bond acceptors (Lipinski definition) is 30. The van der Waals surface area contributed by atoms with Gasteiger partial charge in [-0.2, -0.15) is 0 Å². The van der Waals surface area contributed by atoms with Crippen molar-refractivity contribution < 1.29 is 94.4 Å². The molecule has 39 heteroatoms. The Morgan fingerprint density at radius 2 is 1.23 bits per heavy atom. The molecule has 440 valence electrons. The molecule has 7 aromatic rings. The van der Waals surface area contributed by atoms with Crippen LogP contribution in [0.1, 0.15) is 41.9 Å². The van der Waals surface area contributed by atoms with Gasteiger partial charge < -0.3 is 70.5 Å². The molecule has 11 N–H and O–H groups in total. The predicted molar refractivity (Wildman–Crippen MR) is 278 cm³/mol. The Morgan fingerprint density at radius 1 is 0.695 bits per heavy atom. The number of ether oxygens (including phenoxy) is 6. The Hall–Kier alpha value is -5.82. The molecule has 10 heterocycles. The van der Waals surface area contributed by atoms with Gasteiger partial charge in [-0.05, 0) is 36.4 Å². The number of rotatable bonds is 22. The van der Waals surface area contributed by atoms with Gasteiger partial charge in [0.05, 0.1) is 44.4 Å². The van der Waals surface area contributed by atoms with E-state index in [1.807, 2.05) is 0 Å². The Balaban J connectivity index is 0.794. The van der Waals surface area contributed by atoms with Crippen LogP contribution >= 0.6 is 33.8 Å². The van der Waals surface area contributed by atoms with Gasteiger partial charge in [-0.15, -0.1) is 0 Å². The quantitative estimate of drug-likeness (QED) is 0.0266. The molecule has 0 spiro atoms. The fourth-order valence-electron chi connectivity index (χ4n) is 9.98. The molecule has 4 aliphatic heterocycles. The van der Waals surface area contributed by atoms with Crippen LogP contribution in [-0.2, 0) is 64.7 Å². The molecule has 0 bridgehead atoms. The molecule has 4 saturated heterocycles. The third kappa shape index (κ3) is 11.6. The largest absolute Gasteiger partial charge is 0.472 e. The molecule has 4 fully saturated rings. The van der Waals surface area contributed by atoms with E-state index >= 15 is 0 Å². The van der Waals surface area contributed by atoms with Crippen molar-refractivity contribution in [2.45, 2.75) is 86.0 Å². The Morgan fingerprint density at radius 3 is 1.83 bits per heavy atom. The van der Waals surface area contributed by atoms with Crippen LogP contribution in [0.15, 0.2) is 68.3 Å². The topological polar surface area (TPSA) is 480 Å². The second-order valence-electron chi connectivity index (χ2n) is 18.8. The highest BCUT2D eigenvalue weighted by molar-refractivity contribution is 8.54. The SMILES string of the molecule is COC1C(OP(=O)(O)OC[C@H]2O[C@@H](n3cnc4c(N)ncnc43)C(OP(=O)(O)OC[C@]34CCCOC3C(O)[C@H](n3cnc5c(N)ncnc53)O4)C2O)[C@H](n2cnc3c(N)ncnc32)O[C@@H]1COP(=O)(O)SCCOC(=O)c1ccccc1. The van der Waals surface area contributed by atoms with Gasteiger partial charge in [0, 0.05) is 19.5 Å².